The monoisotopic (exact) mass is 262 g/mol. The molecule has 1 amide bonds. The van der Waals surface area contributed by atoms with Gasteiger partial charge in [0.2, 0.25) is 5.91 Å². The van der Waals surface area contributed by atoms with Crippen LogP contribution in [0.25, 0.3) is 0 Å². The van der Waals surface area contributed by atoms with Gasteiger partial charge in [0.1, 0.15) is 0 Å². The number of benzene rings is 1. The van der Waals surface area contributed by atoms with Gasteiger partial charge in [0.05, 0.1) is 17.9 Å². The number of para-hydroxylation sites is 2. The number of fused-ring (bicyclic) bond motifs is 1. The zero-order valence-corrected chi connectivity index (χ0v) is 10.9. The van der Waals surface area contributed by atoms with Crippen molar-refractivity contribution in [1.29, 1.82) is 0 Å². The minimum absolute atomic E-state index is 0.0180. The van der Waals surface area contributed by atoms with Gasteiger partial charge in [-0.05, 0) is 24.9 Å². The van der Waals surface area contributed by atoms with Crippen LogP contribution in [0.5, 0.6) is 0 Å². The summed E-state index contributed by atoms with van der Waals surface area (Å²) in [5.74, 6) is 0.0180. The van der Waals surface area contributed by atoms with E-state index in [1.54, 1.807) is 0 Å². The Balaban J connectivity index is 1.85. The Hall–Kier alpha value is -1.53. The van der Waals surface area contributed by atoms with Gasteiger partial charge >= 0.3 is 7.12 Å². The van der Waals surface area contributed by atoms with Crippen LogP contribution in [0, 0.1) is 0 Å². The van der Waals surface area contributed by atoms with E-state index in [0.29, 0.717) is 12.9 Å². The molecule has 1 heterocycles. The van der Waals surface area contributed by atoms with Crippen molar-refractivity contribution >= 4 is 24.4 Å². The summed E-state index contributed by atoms with van der Waals surface area (Å²) >= 11 is 0. The third-order valence-corrected chi connectivity index (χ3v) is 3.24. The first-order valence-corrected chi connectivity index (χ1v) is 6.67. The summed E-state index contributed by atoms with van der Waals surface area (Å²) in [5, 5.41) is 20.4. The van der Waals surface area contributed by atoms with E-state index in [2.05, 4.69) is 10.2 Å². The number of rotatable bonds is 6. The lowest BCUT2D eigenvalue weighted by Gasteiger charge is -2.30. The standard InChI is InChI=1S/C13H19BN2O3/c17-13-10-16(9-5-1-4-8-14(18)19)12-7-3-2-6-11(12)15-13/h2-3,6-7,18-19H,1,4-5,8-10H2,(H,15,17). The summed E-state index contributed by atoms with van der Waals surface area (Å²) in [6.07, 6.45) is 3.07. The lowest BCUT2D eigenvalue weighted by atomic mass is 9.83. The number of carbonyl (C=O) groups excluding carboxylic acids is 1. The van der Waals surface area contributed by atoms with Crippen LogP contribution in [0.2, 0.25) is 6.32 Å². The molecule has 2 rings (SSSR count). The third kappa shape index (κ3) is 3.97. The number of amides is 1. The average molecular weight is 262 g/mol. The molecule has 0 atom stereocenters. The van der Waals surface area contributed by atoms with Gasteiger partial charge in [-0.15, -0.1) is 0 Å². The second-order valence-electron chi connectivity index (χ2n) is 4.82. The molecule has 19 heavy (non-hydrogen) atoms. The van der Waals surface area contributed by atoms with Crippen molar-refractivity contribution in [1.82, 2.24) is 0 Å². The van der Waals surface area contributed by atoms with Gasteiger partial charge in [-0.25, -0.2) is 0 Å². The average Bonchev–Trinajstić information content (AvgIpc) is 2.37. The van der Waals surface area contributed by atoms with Gasteiger partial charge < -0.3 is 20.3 Å². The molecule has 0 bridgehead atoms. The van der Waals surface area contributed by atoms with E-state index in [1.165, 1.54) is 0 Å². The number of nitrogens with zero attached hydrogens (tertiary/aromatic N) is 1. The topological polar surface area (TPSA) is 72.8 Å². The maximum atomic E-state index is 11.6. The molecular weight excluding hydrogens is 243 g/mol. The lowest BCUT2D eigenvalue weighted by Crippen LogP contribution is -2.38. The molecule has 102 valence electrons. The van der Waals surface area contributed by atoms with E-state index < -0.39 is 7.12 Å². The minimum atomic E-state index is -1.21. The second kappa shape index (κ2) is 6.59. The maximum Gasteiger partial charge on any atom is 0.451 e. The molecule has 0 aromatic heterocycles. The fourth-order valence-electron chi connectivity index (χ4n) is 2.31. The number of hydrogen-bond acceptors (Lipinski definition) is 4. The Morgan fingerprint density at radius 2 is 2.00 bits per heavy atom. The van der Waals surface area contributed by atoms with Crippen LogP contribution in [-0.2, 0) is 4.79 Å². The summed E-state index contributed by atoms with van der Waals surface area (Å²) in [6, 6.07) is 7.78. The van der Waals surface area contributed by atoms with E-state index in [-0.39, 0.29) is 5.91 Å². The summed E-state index contributed by atoms with van der Waals surface area (Å²) in [4.78, 5) is 13.7. The van der Waals surface area contributed by atoms with Crippen molar-refractivity contribution in [3.8, 4) is 0 Å². The van der Waals surface area contributed by atoms with E-state index in [0.717, 1.165) is 37.2 Å². The summed E-state index contributed by atoms with van der Waals surface area (Å²) in [5.41, 5.74) is 1.92. The molecule has 0 aliphatic carbocycles. The molecular formula is C13H19BN2O3. The molecule has 5 nitrogen and oxygen atoms in total. The number of hydrogen-bond donors (Lipinski definition) is 3. The van der Waals surface area contributed by atoms with Crippen LogP contribution >= 0.6 is 0 Å². The van der Waals surface area contributed by atoms with E-state index in [1.807, 2.05) is 24.3 Å². The van der Waals surface area contributed by atoms with Crippen LogP contribution in [0.4, 0.5) is 11.4 Å². The van der Waals surface area contributed by atoms with Crippen molar-refractivity contribution in [3.05, 3.63) is 24.3 Å². The largest absolute Gasteiger partial charge is 0.451 e. The molecule has 0 spiro atoms. The third-order valence-electron chi connectivity index (χ3n) is 3.24. The van der Waals surface area contributed by atoms with Crippen LogP contribution in [0.3, 0.4) is 0 Å². The van der Waals surface area contributed by atoms with Crippen molar-refractivity contribution in [2.75, 3.05) is 23.3 Å². The molecule has 6 heteroatoms. The van der Waals surface area contributed by atoms with Gasteiger partial charge in [-0.1, -0.05) is 25.0 Å². The normalized spacial score (nSPS) is 14.0. The molecule has 3 N–H and O–H groups in total. The van der Waals surface area contributed by atoms with Crippen LogP contribution < -0.4 is 10.2 Å². The van der Waals surface area contributed by atoms with Gasteiger partial charge in [0.15, 0.2) is 0 Å². The highest BCUT2D eigenvalue weighted by molar-refractivity contribution is 6.40. The van der Waals surface area contributed by atoms with Crippen molar-refractivity contribution in [3.63, 3.8) is 0 Å². The molecule has 0 saturated carbocycles. The van der Waals surface area contributed by atoms with Crippen LogP contribution in [0.15, 0.2) is 24.3 Å². The molecule has 1 aliphatic rings. The molecule has 1 aromatic carbocycles. The molecule has 1 aliphatic heterocycles. The highest BCUT2D eigenvalue weighted by Crippen LogP contribution is 2.28. The Morgan fingerprint density at radius 3 is 2.79 bits per heavy atom. The van der Waals surface area contributed by atoms with Crippen molar-refractivity contribution in [2.45, 2.75) is 25.6 Å². The van der Waals surface area contributed by atoms with Gasteiger partial charge in [-0.3, -0.25) is 4.79 Å². The Kier molecular flexibility index (Phi) is 4.82. The SMILES string of the molecule is O=C1CN(CCCCCB(O)O)c2ccccc2N1. The first-order chi connectivity index (χ1) is 9.16. The van der Waals surface area contributed by atoms with E-state index in [9.17, 15) is 4.79 Å². The zero-order chi connectivity index (χ0) is 13.7. The number of anilines is 2. The predicted molar refractivity (Wildman–Crippen MR) is 76.1 cm³/mol. The molecule has 0 fully saturated rings. The Bertz CT molecular complexity index is 440. The van der Waals surface area contributed by atoms with Gasteiger partial charge in [0, 0.05) is 6.54 Å². The number of unbranched alkanes of at least 4 members (excludes halogenated alkanes) is 2. The quantitative estimate of drug-likeness (QED) is 0.530. The van der Waals surface area contributed by atoms with Crippen LogP contribution in [-0.4, -0.2) is 36.2 Å². The molecule has 0 radical (unpaired) electrons. The Labute approximate surface area is 113 Å². The Morgan fingerprint density at radius 1 is 1.21 bits per heavy atom. The van der Waals surface area contributed by atoms with Gasteiger partial charge in [-0.2, -0.15) is 0 Å². The van der Waals surface area contributed by atoms with E-state index in [4.69, 9.17) is 10.0 Å². The van der Waals surface area contributed by atoms with Crippen molar-refractivity contribution in [2.24, 2.45) is 0 Å². The fourth-order valence-corrected chi connectivity index (χ4v) is 2.31. The zero-order valence-electron chi connectivity index (χ0n) is 10.9. The molecule has 1 aromatic rings. The first kappa shape index (κ1) is 13.9. The summed E-state index contributed by atoms with van der Waals surface area (Å²) in [7, 11) is -1.21. The number of carbonyl (C=O) groups is 1. The molecule has 0 saturated heterocycles. The smallest absolute Gasteiger partial charge is 0.427 e. The second-order valence-corrected chi connectivity index (χ2v) is 4.82. The van der Waals surface area contributed by atoms with Crippen molar-refractivity contribution < 1.29 is 14.8 Å². The number of nitrogens with one attached hydrogen (secondary N) is 1. The molecule has 0 unspecified atom stereocenters. The lowest BCUT2D eigenvalue weighted by molar-refractivity contribution is -0.115. The summed E-state index contributed by atoms with van der Waals surface area (Å²) in [6.45, 7) is 1.20. The van der Waals surface area contributed by atoms with Crippen LogP contribution in [0.1, 0.15) is 19.3 Å². The summed E-state index contributed by atoms with van der Waals surface area (Å²) < 4.78 is 0. The highest BCUT2D eigenvalue weighted by Gasteiger charge is 2.20. The predicted octanol–water partition coefficient (Wildman–Crippen LogP) is 1.09. The minimum Gasteiger partial charge on any atom is -0.427 e. The van der Waals surface area contributed by atoms with Gasteiger partial charge in [0.25, 0.3) is 0 Å². The first-order valence-electron chi connectivity index (χ1n) is 6.67. The fraction of sp³-hybridized carbons (Fsp3) is 0.462. The maximum absolute atomic E-state index is 11.6. The van der Waals surface area contributed by atoms with E-state index >= 15 is 0 Å². The highest BCUT2D eigenvalue weighted by atomic mass is 16.4.